The molecule has 2 aromatic rings. The van der Waals surface area contributed by atoms with Crippen LogP contribution >= 0.6 is 0 Å². The van der Waals surface area contributed by atoms with Crippen molar-refractivity contribution in [1.29, 1.82) is 0 Å². The lowest BCUT2D eigenvalue weighted by molar-refractivity contribution is 0.0924. The van der Waals surface area contributed by atoms with Gasteiger partial charge in [0.05, 0.1) is 17.8 Å². The van der Waals surface area contributed by atoms with Crippen LogP contribution in [0.2, 0.25) is 0 Å². The fourth-order valence-corrected chi connectivity index (χ4v) is 3.33. The summed E-state index contributed by atoms with van der Waals surface area (Å²) in [6.45, 7) is 6.10. The molecule has 0 bridgehead atoms. The van der Waals surface area contributed by atoms with Crippen LogP contribution in [-0.2, 0) is 4.74 Å². The number of cyclic esters (lactones) is 1. The highest BCUT2D eigenvalue weighted by atomic mass is 16.6. The first kappa shape index (κ1) is 20.8. The van der Waals surface area contributed by atoms with Gasteiger partial charge in [-0.2, -0.15) is 0 Å². The van der Waals surface area contributed by atoms with Gasteiger partial charge in [0, 0.05) is 29.6 Å². The van der Waals surface area contributed by atoms with E-state index in [1.54, 1.807) is 30.2 Å². The number of benzene rings is 1. The molecule has 2 heterocycles. The van der Waals surface area contributed by atoms with Crippen LogP contribution in [0.4, 0.5) is 10.5 Å². The SMILES string of the molecule is CCCC1COC(=O)N1c1cc(C(=O)NCC(C)O)cc(-c2ccc(C)cn2)c1. The Kier molecular flexibility index (Phi) is 6.49. The van der Waals surface area contributed by atoms with Gasteiger partial charge in [0.25, 0.3) is 5.91 Å². The molecule has 1 aromatic heterocycles. The van der Waals surface area contributed by atoms with Crippen molar-refractivity contribution in [2.45, 2.75) is 45.8 Å². The standard InChI is InChI=1S/C22H27N3O4/c1-4-5-18-13-29-22(28)25(18)19-9-16(20-7-6-14(2)11-23-20)8-17(10-19)21(27)24-12-15(3)26/h6-11,15,18,26H,4-5,12-13H2,1-3H3,(H,24,27). The smallest absolute Gasteiger partial charge is 0.414 e. The minimum Gasteiger partial charge on any atom is -0.447 e. The highest BCUT2D eigenvalue weighted by Crippen LogP contribution is 2.31. The molecule has 1 aromatic carbocycles. The number of aliphatic hydroxyl groups is 1. The van der Waals surface area contributed by atoms with Crippen LogP contribution in [0.1, 0.15) is 42.6 Å². The number of nitrogens with one attached hydrogen (secondary N) is 1. The number of anilines is 1. The Bertz CT molecular complexity index is 880. The number of aromatic nitrogens is 1. The Hall–Kier alpha value is -2.93. The van der Waals surface area contributed by atoms with Gasteiger partial charge in [-0.3, -0.25) is 14.7 Å². The van der Waals surface area contributed by atoms with Gasteiger partial charge < -0.3 is 15.2 Å². The molecular formula is C22H27N3O4. The molecule has 2 atom stereocenters. The van der Waals surface area contributed by atoms with Crippen molar-refractivity contribution in [2.24, 2.45) is 0 Å². The third-order valence-electron chi connectivity index (χ3n) is 4.81. The molecule has 2 unspecified atom stereocenters. The lowest BCUT2D eigenvalue weighted by Crippen LogP contribution is -2.34. The van der Waals surface area contributed by atoms with Gasteiger partial charge in [-0.05, 0) is 50.1 Å². The normalized spacial score (nSPS) is 17.2. The molecule has 0 saturated carbocycles. The largest absolute Gasteiger partial charge is 0.447 e. The molecule has 154 valence electrons. The van der Waals surface area contributed by atoms with Gasteiger partial charge in [-0.15, -0.1) is 0 Å². The zero-order valence-corrected chi connectivity index (χ0v) is 17.0. The summed E-state index contributed by atoms with van der Waals surface area (Å²) in [4.78, 5) is 31.1. The quantitative estimate of drug-likeness (QED) is 0.748. The molecule has 1 fully saturated rings. The highest BCUT2D eigenvalue weighted by Gasteiger charge is 2.34. The van der Waals surface area contributed by atoms with E-state index < -0.39 is 12.2 Å². The van der Waals surface area contributed by atoms with Gasteiger partial charge in [0.1, 0.15) is 6.61 Å². The second-order valence-electron chi connectivity index (χ2n) is 7.44. The molecule has 0 radical (unpaired) electrons. The average molecular weight is 397 g/mol. The molecule has 1 aliphatic heterocycles. The average Bonchev–Trinajstić information content (AvgIpc) is 3.06. The lowest BCUT2D eigenvalue weighted by atomic mass is 10.0. The van der Waals surface area contributed by atoms with E-state index in [1.165, 1.54) is 0 Å². The van der Waals surface area contributed by atoms with E-state index in [9.17, 15) is 14.7 Å². The Balaban J connectivity index is 2.03. The fraction of sp³-hybridized carbons (Fsp3) is 0.409. The Morgan fingerprint density at radius 2 is 2.17 bits per heavy atom. The second kappa shape index (κ2) is 9.05. The van der Waals surface area contributed by atoms with E-state index in [1.807, 2.05) is 25.1 Å². The van der Waals surface area contributed by atoms with Gasteiger partial charge in [0.2, 0.25) is 0 Å². The van der Waals surface area contributed by atoms with Gasteiger partial charge >= 0.3 is 6.09 Å². The fourth-order valence-electron chi connectivity index (χ4n) is 3.33. The van der Waals surface area contributed by atoms with Crippen molar-refractivity contribution in [3.63, 3.8) is 0 Å². The molecule has 7 nitrogen and oxygen atoms in total. The highest BCUT2D eigenvalue weighted by molar-refractivity contribution is 5.99. The maximum absolute atomic E-state index is 12.7. The minimum atomic E-state index is -0.650. The number of carbonyl (C=O) groups is 2. The maximum Gasteiger partial charge on any atom is 0.414 e. The molecule has 0 aliphatic carbocycles. The first-order chi connectivity index (χ1) is 13.9. The van der Waals surface area contributed by atoms with Crippen molar-refractivity contribution in [2.75, 3.05) is 18.1 Å². The number of hydrogen-bond acceptors (Lipinski definition) is 5. The number of amides is 2. The third kappa shape index (κ3) is 4.92. The number of pyridine rings is 1. The van der Waals surface area contributed by atoms with Gasteiger partial charge in [-0.25, -0.2) is 4.79 Å². The summed E-state index contributed by atoms with van der Waals surface area (Å²) < 4.78 is 5.26. The summed E-state index contributed by atoms with van der Waals surface area (Å²) in [6.07, 6.45) is 2.43. The zero-order valence-electron chi connectivity index (χ0n) is 17.0. The summed E-state index contributed by atoms with van der Waals surface area (Å²) in [5.74, 6) is -0.319. The molecule has 2 amide bonds. The number of hydrogen-bond donors (Lipinski definition) is 2. The third-order valence-corrected chi connectivity index (χ3v) is 4.81. The van der Waals surface area contributed by atoms with Crippen LogP contribution in [0.15, 0.2) is 36.5 Å². The van der Waals surface area contributed by atoms with E-state index in [2.05, 4.69) is 17.2 Å². The lowest BCUT2D eigenvalue weighted by Gasteiger charge is -2.22. The van der Waals surface area contributed by atoms with Crippen molar-refractivity contribution in [3.05, 3.63) is 47.7 Å². The zero-order chi connectivity index (χ0) is 21.0. The monoisotopic (exact) mass is 397 g/mol. The van der Waals surface area contributed by atoms with E-state index >= 15 is 0 Å². The second-order valence-corrected chi connectivity index (χ2v) is 7.44. The van der Waals surface area contributed by atoms with E-state index in [4.69, 9.17) is 4.74 Å². The molecular weight excluding hydrogens is 370 g/mol. The number of carbonyl (C=O) groups excluding carboxylic acids is 2. The number of rotatable bonds is 7. The predicted octanol–water partition coefficient (Wildman–Crippen LogP) is 3.29. The molecule has 0 spiro atoms. The maximum atomic E-state index is 12.7. The molecule has 7 heteroatoms. The van der Waals surface area contributed by atoms with Crippen molar-refractivity contribution < 1.29 is 19.4 Å². The Morgan fingerprint density at radius 3 is 2.83 bits per heavy atom. The number of aryl methyl sites for hydroxylation is 1. The molecule has 3 rings (SSSR count). The Labute approximate surface area is 170 Å². The topological polar surface area (TPSA) is 91.8 Å². The Morgan fingerprint density at radius 1 is 1.38 bits per heavy atom. The molecule has 2 N–H and O–H groups in total. The summed E-state index contributed by atoms with van der Waals surface area (Å²) in [5, 5.41) is 12.2. The molecule has 29 heavy (non-hydrogen) atoms. The van der Waals surface area contributed by atoms with Crippen LogP contribution in [0.3, 0.4) is 0 Å². The first-order valence-corrected chi connectivity index (χ1v) is 9.89. The number of ether oxygens (including phenoxy) is 1. The van der Waals surface area contributed by atoms with E-state index in [-0.39, 0.29) is 18.5 Å². The van der Waals surface area contributed by atoms with Crippen LogP contribution in [0, 0.1) is 6.92 Å². The predicted molar refractivity (Wildman–Crippen MR) is 111 cm³/mol. The number of aliphatic hydroxyl groups excluding tert-OH is 1. The van der Waals surface area contributed by atoms with Crippen LogP contribution < -0.4 is 10.2 Å². The summed E-state index contributed by atoms with van der Waals surface area (Å²) in [6, 6.07) is 9.06. The van der Waals surface area contributed by atoms with Crippen LogP contribution in [0.5, 0.6) is 0 Å². The van der Waals surface area contributed by atoms with E-state index in [0.29, 0.717) is 23.6 Å². The summed E-state index contributed by atoms with van der Waals surface area (Å²) in [7, 11) is 0. The van der Waals surface area contributed by atoms with Crippen molar-refractivity contribution >= 4 is 17.7 Å². The van der Waals surface area contributed by atoms with Crippen molar-refractivity contribution in [3.8, 4) is 11.3 Å². The molecule has 1 saturated heterocycles. The summed E-state index contributed by atoms with van der Waals surface area (Å²) >= 11 is 0. The van der Waals surface area contributed by atoms with Crippen LogP contribution in [0.25, 0.3) is 11.3 Å². The van der Waals surface area contributed by atoms with Crippen LogP contribution in [-0.4, -0.2) is 47.4 Å². The first-order valence-electron chi connectivity index (χ1n) is 9.89. The number of nitrogens with zero attached hydrogens (tertiary/aromatic N) is 2. The van der Waals surface area contributed by atoms with Gasteiger partial charge in [-0.1, -0.05) is 19.4 Å². The van der Waals surface area contributed by atoms with Gasteiger partial charge in [0.15, 0.2) is 0 Å². The van der Waals surface area contributed by atoms with Crippen molar-refractivity contribution in [1.82, 2.24) is 10.3 Å². The minimum absolute atomic E-state index is 0.0675. The molecule has 1 aliphatic rings. The van der Waals surface area contributed by atoms with E-state index in [0.717, 1.165) is 24.0 Å². The summed E-state index contributed by atoms with van der Waals surface area (Å²) in [5.41, 5.74) is 3.48.